The number of likely N-dealkylation sites (tertiary alicyclic amines) is 1. The van der Waals surface area contributed by atoms with Crippen LogP contribution < -0.4 is 16.0 Å². The van der Waals surface area contributed by atoms with Gasteiger partial charge in [0.05, 0.1) is 55.3 Å². The summed E-state index contributed by atoms with van der Waals surface area (Å²) in [6.45, 7) is 11.1. The molecule has 0 aliphatic carbocycles. The number of hydrogen-bond donors (Lipinski definition) is 4. The van der Waals surface area contributed by atoms with E-state index in [0.29, 0.717) is 42.6 Å². The molecular weight excluding hydrogens is 785 g/mol. The van der Waals surface area contributed by atoms with Crippen LogP contribution in [0, 0.1) is 17.8 Å². The van der Waals surface area contributed by atoms with Crippen molar-refractivity contribution in [2.24, 2.45) is 17.8 Å². The number of aliphatic hydroxyl groups is 1. The summed E-state index contributed by atoms with van der Waals surface area (Å²) < 4.78 is 17.3. The third-order valence-electron chi connectivity index (χ3n) is 11.9. The Labute approximate surface area is 361 Å². The summed E-state index contributed by atoms with van der Waals surface area (Å²) >= 11 is 0. The van der Waals surface area contributed by atoms with Gasteiger partial charge in [-0.15, -0.1) is 0 Å². The van der Waals surface area contributed by atoms with Crippen molar-refractivity contribution in [3.05, 3.63) is 65.7 Å². The maximum Gasteiger partial charge on any atom is 0.410 e. The van der Waals surface area contributed by atoms with Crippen molar-refractivity contribution < 1.29 is 48.1 Å². The highest BCUT2D eigenvalue weighted by Crippen LogP contribution is 2.30. The van der Waals surface area contributed by atoms with Crippen LogP contribution >= 0.6 is 0 Å². The molecule has 1 fully saturated rings. The first-order valence-electron chi connectivity index (χ1n) is 21.1. The molecule has 0 radical (unpaired) electrons. The number of aliphatic hydroxyl groups excluding tert-OH is 1. The van der Waals surface area contributed by atoms with Crippen LogP contribution in [0.1, 0.15) is 84.5 Å². The van der Waals surface area contributed by atoms with E-state index in [4.69, 9.17) is 14.2 Å². The molecular formula is C45H68N6O10. The third-order valence-corrected chi connectivity index (χ3v) is 11.9. The van der Waals surface area contributed by atoms with E-state index in [-0.39, 0.29) is 49.3 Å². The van der Waals surface area contributed by atoms with E-state index in [1.54, 1.807) is 76.0 Å². The van der Waals surface area contributed by atoms with Gasteiger partial charge in [0.1, 0.15) is 12.6 Å². The Morgan fingerprint density at radius 3 is 2.15 bits per heavy atom. The summed E-state index contributed by atoms with van der Waals surface area (Å²) in [5.74, 6) is -2.49. The van der Waals surface area contributed by atoms with E-state index in [0.717, 1.165) is 6.42 Å². The average Bonchev–Trinajstić information content (AvgIpc) is 3.74. The number of benzene rings is 2. The molecule has 1 heterocycles. The Balaban J connectivity index is 1.65. The zero-order valence-electron chi connectivity index (χ0n) is 37.5. The molecule has 0 bridgehead atoms. The van der Waals surface area contributed by atoms with Crippen molar-refractivity contribution in [1.82, 2.24) is 25.3 Å². The topological polar surface area (TPSA) is 196 Å². The highest BCUT2D eigenvalue weighted by molar-refractivity contribution is 5.89. The lowest BCUT2D eigenvalue weighted by atomic mass is 9.90. The van der Waals surface area contributed by atoms with E-state index >= 15 is 0 Å². The fraction of sp³-hybridized carbons (Fsp3) is 0.600. The Morgan fingerprint density at radius 2 is 1.57 bits per heavy atom. The Morgan fingerprint density at radius 1 is 0.918 bits per heavy atom. The van der Waals surface area contributed by atoms with Gasteiger partial charge >= 0.3 is 6.09 Å². The number of likely N-dealkylation sites (N-methyl/N-ethyl adjacent to an activating group) is 2. The van der Waals surface area contributed by atoms with Crippen LogP contribution in [-0.2, 0) is 44.8 Å². The number of carbonyl (C=O) groups is 6. The molecule has 9 atom stereocenters. The maximum atomic E-state index is 14.1. The number of carbonyl (C=O) groups excluding carboxylic acids is 6. The predicted molar refractivity (Wildman–Crippen MR) is 231 cm³/mol. The first-order chi connectivity index (χ1) is 29.0. The fourth-order valence-corrected chi connectivity index (χ4v) is 8.14. The lowest BCUT2D eigenvalue weighted by Crippen LogP contribution is -2.56. The zero-order valence-corrected chi connectivity index (χ0v) is 37.5. The number of nitrogens with zero attached hydrogens (tertiary/aromatic N) is 3. The van der Waals surface area contributed by atoms with Gasteiger partial charge in [-0.1, -0.05) is 83.5 Å². The molecule has 338 valence electrons. The van der Waals surface area contributed by atoms with Crippen LogP contribution in [0.15, 0.2) is 54.6 Å². The van der Waals surface area contributed by atoms with Crippen molar-refractivity contribution in [2.75, 3.05) is 46.7 Å². The molecule has 2 aromatic rings. The molecule has 6 unspecified atom stereocenters. The molecule has 0 saturated carbocycles. The number of hydrogen-bond acceptors (Lipinski definition) is 10. The van der Waals surface area contributed by atoms with Crippen molar-refractivity contribution >= 4 is 41.8 Å². The molecule has 61 heavy (non-hydrogen) atoms. The van der Waals surface area contributed by atoms with E-state index in [1.807, 2.05) is 32.0 Å². The second-order valence-corrected chi connectivity index (χ2v) is 16.3. The zero-order chi connectivity index (χ0) is 45.4. The normalized spacial score (nSPS) is 17.8. The highest BCUT2D eigenvalue weighted by atomic mass is 16.6. The summed E-state index contributed by atoms with van der Waals surface area (Å²) in [5, 5.41) is 19.0. The van der Waals surface area contributed by atoms with Crippen molar-refractivity contribution in [2.45, 2.75) is 116 Å². The maximum absolute atomic E-state index is 14.1. The van der Waals surface area contributed by atoms with Gasteiger partial charge in [-0.05, 0) is 54.9 Å². The molecule has 6 amide bonds. The SMILES string of the molecule is CC[C@H](C)[C@@H](C(CC(=O)N1CCCC1C(OC)[C@@H](C)C(=O)NC(C)C(O)c1ccccc1)OC)N(C)C(=O)CNC(=O)C(C(C)C)N(C)C(=O)OCc1ccc(NC=O)cc1. The van der Waals surface area contributed by atoms with Gasteiger partial charge in [0.25, 0.3) is 0 Å². The lowest BCUT2D eigenvalue weighted by Gasteiger charge is -2.39. The van der Waals surface area contributed by atoms with Gasteiger partial charge in [0, 0.05) is 40.5 Å². The molecule has 0 spiro atoms. The Hall–Kier alpha value is -5.06. The minimum absolute atomic E-state index is 0.0363. The standard InChI is InChI=1S/C45H68N6O10/c1-11-29(4)40(49(7)38(54)25-46-44(57)39(28(2)3)50(8)45(58)61-26-32-19-21-34(22-20-32)47-27-52)36(59-9)24-37(53)51-23-15-18-35(51)42(60-10)30(5)43(56)48-31(6)41(55)33-16-13-12-14-17-33/h12-14,16-17,19-22,27-31,35-36,39-42,55H,11,15,18,23-26H2,1-10H3,(H,46,57)(H,47,52)(H,48,56)/t29-,30+,31?,35?,36?,39?,40-,41?,42?/m0/s1. The minimum atomic E-state index is -0.943. The van der Waals surface area contributed by atoms with Gasteiger partial charge in [0.15, 0.2) is 0 Å². The van der Waals surface area contributed by atoms with Gasteiger partial charge < -0.3 is 45.1 Å². The number of amides is 6. The molecule has 2 aromatic carbocycles. The summed E-state index contributed by atoms with van der Waals surface area (Å²) in [6.07, 6.45) is -0.386. The van der Waals surface area contributed by atoms with Crippen LogP contribution in [0.2, 0.25) is 0 Å². The summed E-state index contributed by atoms with van der Waals surface area (Å²) in [4.78, 5) is 83.1. The molecule has 1 saturated heterocycles. The van der Waals surface area contributed by atoms with E-state index < -0.39 is 60.3 Å². The van der Waals surface area contributed by atoms with Crippen molar-refractivity contribution in [1.29, 1.82) is 0 Å². The third kappa shape index (κ3) is 13.7. The molecule has 1 aliphatic rings. The summed E-state index contributed by atoms with van der Waals surface area (Å²) in [7, 11) is 6.12. The smallest absolute Gasteiger partial charge is 0.410 e. The van der Waals surface area contributed by atoms with Gasteiger partial charge in [0.2, 0.25) is 30.0 Å². The molecule has 0 aromatic heterocycles. The largest absolute Gasteiger partial charge is 0.445 e. The molecule has 3 rings (SSSR count). The van der Waals surface area contributed by atoms with Crippen molar-refractivity contribution in [3.63, 3.8) is 0 Å². The average molecular weight is 853 g/mol. The summed E-state index contributed by atoms with van der Waals surface area (Å²) in [5.41, 5.74) is 1.97. The van der Waals surface area contributed by atoms with Gasteiger partial charge in [-0.2, -0.15) is 0 Å². The van der Waals surface area contributed by atoms with E-state index in [2.05, 4.69) is 16.0 Å². The van der Waals surface area contributed by atoms with Gasteiger partial charge in [-0.25, -0.2) is 4.79 Å². The first-order valence-corrected chi connectivity index (χ1v) is 21.1. The monoisotopic (exact) mass is 852 g/mol. The Bertz CT molecular complexity index is 1730. The van der Waals surface area contributed by atoms with Gasteiger partial charge in [-0.3, -0.25) is 28.9 Å². The fourth-order valence-electron chi connectivity index (χ4n) is 8.14. The molecule has 4 N–H and O–H groups in total. The van der Waals surface area contributed by atoms with E-state index in [1.165, 1.54) is 31.1 Å². The number of methoxy groups -OCH3 is 2. The molecule has 1 aliphatic heterocycles. The van der Waals surface area contributed by atoms with E-state index in [9.17, 15) is 33.9 Å². The van der Waals surface area contributed by atoms with Crippen LogP contribution in [0.3, 0.4) is 0 Å². The van der Waals surface area contributed by atoms with Crippen LogP contribution in [0.5, 0.6) is 0 Å². The van der Waals surface area contributed by atoms with Crippen LogP contribution in [-0.4, -0.2) is 134 Å². The number of nitrogens with one attached hydrogen (secondary N) is 3. The number of anilines is 1. The summed E-state index contributed by atoms with van der Waals surface area (Å²) in [6, 6.07) is 13.4. The second-order valence-electron chi connectivity index (χ2n) is 16.3. The van der Waals surface area contributed by atoms with Crippen LogP contribution in [0.25, 0.3) is 0 Å². The van der Waals surface area contributed by atoms with Crippen molar-refractivity contribution in [3.8, 4) is 0 Å². The lowest BCUT2D eigenvalue weighted by molar-refractivity contribution is -0.146. The highest BCUT2D eigenvalue weighted by Gasteiger charge is 2.42. The number of ether oxygens (including phenoxy) is 3. The number of rotatable bonds is 23. The first kappa shape index (κ1) is 50.3. The molecule has 16 nitrogen and oxygen atoms in total. The Kier molecular flexibility index (Phi) is 20.1. The quantitative estimate of drug-likeness (QED) is 0.118. The molecule has 16 heteroatoms. The second kappa shape index (κ2) is 24.4. The van der Waals surface area contributed by atoms with Crippen LogP contribution in [0.4, 0.5) is 10.5 Å². The minimum Gasteiger partial charge on any atom is -0.445 e. The predicted octanol–water partition coefficient (Wildman–Crippen LogP) is 4.12.